The van der Waals surface area contributed by atoms with E-state index >= 15 is 0 Å². The van der Waals surface area contributed by atoms with E-state index in [1.807, 2.05) is 11.5 Å². The molecule has 0 atom stereocenters. The molecular weight excluding hydrogens is 424 g/mol. The first-order valence-corrected chi connectivity index (χ1v) is 11.2. The molecule has 1 aromatic heterocycles. The van der Waals surface area contributed by atoms with E-state index in [1.54, 1.807) is 31.2 Å². The minimum absolute atomic E-state index is 0.247. The van der Waals surface area contributed by atoms with Crippen molar-refractivity contribution in [1.29, 1.82) is 0 Å². The van der Waals surface area contributed by atoms with Crippen LogP contribution in [0.15, 0.2) is 48.5 Å². The number of hydrogen-bond donors (Lipinski definition) is 0. The molecule has 1 saturated heterocycles. The number of hydrogen-bond acceptors (Lipinski definition) is 4. The van der Waals surface area contributed by atoms with Gasteiger partial charge in [0, 0.05) is 55.4 Å². The fraction of sp³-hybridized carbons (Fsp3) is 0.346. The molecule has 0 aliphatic carbocycles. The van der Waals surface area contributed by atoms with Crippen LogP contribution in [-0.4, -0.2) is 60.2 Å². The Morgan fingerprint density at radius 2 is 1.52 bits per heavy atom. The minimum atomic E-state index is -0.421. The summed E-state index contributed by atoms with van der Waals surface area (Å²) >= 11 is 0. The van der Waals surface area contributed by atoms with E-state index in [1.165, 1.54) is 24.3 Å². The number of piperazine rings is 1. The van der Waals surface area contributed by atoms with Crippen molar-refractivity contribution in [2.24, 2.45) is 0 Å². The van der Waals surface area contributed by atoms with Crippen molar-refractivity contribution in [3.63, 3.8) is 0 Å². The number of aromatic nitrogens is 1. The SMILES string of the molecule is CCOC(=O)c1c(-c2ccc(F)cc2)c(CN2CCN(C)CC2)n(-c2ccc(F)cc2)c1C. The van der Waals surface area contributed by atoms with E-state index in [0.29, 0.717) is 17.8 Å². The molecule has 0 N–H and O–H groups in total. The zero-order chi connectivity index (χ0) is 23.5. The number of carbonyl (C=O) groups excluding carboxylic acids is 1. The first-order chi connectivity index (χ1) is 15.9. The van der Waals surface area contributed by atoms with Gasteiger partial charge in [0.15, 0.2) is 0 Å². The third-order valence-corrected chi connectivity index (χ3v) is 6.17. The number of benzene rings is 2. The highest BCUT2D eigenvalue weighted by Crippen LogP contribution is 2.36. The lowest BCUT2D eigenvalue weighted by Gasteiger charge is -2.33. The van der Waals surface area contributed by atoms with Crippen LogP contribution in [0, 0.1) is 18.6 Å². The van der Waals surface area contributed by atoms with Gasteiger partial charge >= 0.3 is 5.97 Å². The Morgan fingerprint density at radius 1 is 0.939 bits per heavy atom. The maximum Gasteiger partial charge on any atom is 0.340 e. The Labute approximate surface area is 193 Å². The lowest BCUT2D eigenvalue weighted by atomic mass is 9.99. The van der Waals surface area contributed by atoms with Crippen molar-refractivity contribution < 1.29 is 18.3 Å². The highest BCUT2D eigenvalue weighted by atomic mass is 19.1. The van der Waals surface area contributed by atoms with Gasteiger partial charge in [-0.3, -0.25) is 4.90 Å². The van der Waals surface area contributed by atoms with Gasteiger partial charge in [-0.1, -0.05) is 12.1 Å². The van der Waals surface area contributed by atoms with Crippen molar-refractivity contribution >= 4 is 5.97 Å². The molecule has 1 aliphatic rings. The number of ether oxygens (including phenoxy) is 1. The number of halogens is 2. The smallest absolute Gasteiger partial charge is 0.340 e. The molecule has 2 heterocycles. The number of esters is 1. The van der Waals surface area contributed by atoms with E-state index in [0.717, 1.165) is 48.7 Å². The van der Waals surface area contributed by atoms with Crippen molar-refractivity contribution in [2.45, 2.75) is 20.4 Å². The molecule has 7 heteroatoms. The highest BCUT2D eigenvalue weighted by molar-refractivity contribution is 6.00. The third kappa shape index (κ3) is 4.84. The predicted octanol–water partition coefficient (Wildman–Crippen LogP) is 4.66. The van der Waals surface area contributed by atoms with E-state index < -0.39 is 5.97 Å². The van der Waals surface area contributed by atoms with Gasteiger partial charge in [-0.05, 0) is 62.9 Å². The number of carbonyl (C=O) groups is 1. The molecule has 2 aromatic carbocycles. The number of likely N-dealkylation sites (N-methyl/N-ethyl adjacent to an activating group) is 1. The predicted molar refractivity (Wildman–Crippen MR) is 125 cm³/mol. The lowest BCUT2D eigenvalue weighted by molar-refractivity contribution is 0.0526. The highest BCUT2D eigenvalue weighted by Gasteiger charge is 2.29. The summed E-state index contributed by atoms with van der Waals surface area (Å²) in [4.78, 5) is 17.8. The molecule has 0 radical (unpaired) electrons. The van der Waals surface area contributed by atoms with Crippen molar-refractivity contribution in [1.82, 2.24) is 14.4 Å². The summed E-state index contributed by atoms with van der Waals surface area (Å²) < 4.78 is 34.8. The molecule has 33 heavy (non-hydrogen) atoms. The van der Waals surface area contributed by atoms with Crippen molar-refractivity contribution in [3.05, 3.63) is 77.1 Å². The fourth-order valence-corrected chi connectivity index (χ4v) is 4.44. The Balaban J connectivity index is 1.94. The molecule has 0 bridgehead atoms. The molecule has 174 valence electrons. The Bertz CT molecular complexity index is 1120. The van der Waals surface area contributed by atoms with Gasteiger partial charge in [-0.2, -0.15) is 0 Å². The second-order valence-corrected chi connectivity index (χ2v) is 8.40. The maximum atomic E-state index is 13.7. The molecule has 4 rings (SSSR count). The molecule has 3 aromatic rings. The van der Waals surface area contributed by atoms with E-state index in [4.69, 9.17) is 4.74 Å². The van der Waals surface area contributed by atoms with Gasteiger partial charge in [0.2, 0.25) is 0 Å². The van der Waals surface area contributed by atoms with Crippen LogP contribution in [0.5, 0.6) is 0 Å². The van der Waals surface area contributed by atoms with Crippen LogP contribution >= 0.6 is 0 Å². The summed E-state index contributed by atoms with van der Waals surface area (Å²) in [6, 6.07) is 12.4. The van der Waals surface area contributed by atoms with Crippen LogP contribution in [-0.2, 0) is 11.3 Å². The Hall–Kier alpha value is -3.03. The Morgan fingerprint density at radius 3 is 2.09 bits per heavy atom. The van der Waals surface area contributed by atoms with Crippen LogP contribution in [0.3, 0.4) is 0 Å². The largest absolute Gasteiger partial charge is 0.462 e. The Kier molecular flexibility index (Phi) is 6.91. The van der Waals surface area contributed by atoms with Crippen LogP contribution in [0.4, 0.5) is 8.78 Å². The van der Waals surface area contributed by atoms with Crippen molar-refractivity contribution in [3.8, 4) is 16.8 Å². The molecule has 0 amide bonds. The van der Waals surface area contributed by atoms with Crippen LogP contribution in [0.25, 0.3) is 16.8 Å². The molecule has 0 unspecified atom stereocenters. The first kappa shape index (κ1) is 23.1. The van der Waals surface area contributed by atoms with Crippen molar-refractivity contribution in [2.75, 3.05) is 39.8 Å². The second kappa shape index (κ2) is 9.85. The summed E-state index contributed by atoms with van der Waals surface area (Å²) in [5.41, 5.74) is 4.30. The lowest BCUT2D eigenvalue weighted by Crippen LogP contribution is -2.44. The van der Waals surface area contributed by atoms with E-state index in [-0.39, 0.29) is 18.2 Å². The van der Waals surface area contributed by atoms with Gasteiger partial charge < -0.3 is 14.2 Å². The molecular formula is C26H29F2N3O2. The molecule has 1 fully saturated rings. The summed E-state index contributed by atoms with van der Waals surface area (Å²) in [6.45, 7) is 8.17. The molecule has 0 saturated carbocycles. The average molecular weight is 454 g/mol. The zero-order valence-corrected chi connectivity index (χ0v) is 19.3. The van der Waals surface area contributed by atoms with E-state index in [9.17, 15) is 13.6 Å². The monoisotopic (exact) mass is 453 g/mol. The van der Waals surface area contributed by atoms with Gasteiger partial charge in [0.1, 0.15) is 11.6 Å². The van der Waals surface area contributed by atoms with Gasteiger partial charge in [0.25, 0.3) is 0 Å². The number of rotatable bonds is 6. The summed E-state index contributed by atoms with van der Waals surface area (Å²) in [6.07, 6.45) is 0. The normalized spacial score (nSPS) is 15.1. The first-order valence-electron chi connectivity index (χ1n) is 11.2. The molecule has 0 spiro atoms. The van der Waals surface area contributed by atoms with Gasteiger partial charge in [-0.15, -0.1) is 0 Å². The summed E-state index contributed by atoms with van der Waals surface area (Å²) in [7, 11) is 2.10. The maximum absolute atomic E-state index is 13.7. The summed E-state index contributed by atoms with van der Waals surface area (Å²) in [5.74, 6) is -1.09. The zero-order valence-electron chi connectivity index (χ0n) is 19.3. The average Bonchev–Trinajstić information content (AvgIpc) is 3.08. The second-order valence-electron chi connectivity index (χ2n) is 8.40. The fourth-order valence-electron chi connectivity index (χ4n) is 4.44. The number of nitrogens with zero attached hydrogens (tertiary/aromatic N) is 3. The molecule has 5 nitrogen and oxygen atoms in total. The van der Waals surface area contributed by atoms with Crippen LogP contribution in [0.1, 0.15) is 28.7 Å². The standard InChI is InChI=1S/C26H29F2N3O2/c1-4-33-26(32)24-18(2)31(22-11-9-21(28)10-12-22)23(17-30-15-13-29(3)14-16-30)25(24)19-5-7-20(27)8-6-19/h5-12H,4,13-17H2,1-3H3. The molecule has 1 aliphatic heterocycles. The topological polar surface area (TPSA) is 37.7 Å². The van der Waals surface area contributed by atoms with Gasteiger partial charge in [-0.25, -0.2) is 13.6 Å². The van der Waals surface area contributed by atoms with Crippen LogP contribution in [0.2, 0.25) is 0 Å². The van der Waals surface area contributed by atoms with Gasteiger partial charge in [0.05, 0.1) is 12.2 Å². The minimum Gasteiger partial charge on any atom is -0.462 e. The van der Waals surface area contributed by atoms with Crippen LogP contribution < -0.4 is 0 Å². The summed E-state index contributed by atoms with van der Waals surface area (Å²) in [5, 5.41) is 0. The third-order valence-electron chi connectivity index (χ3n) is 6.17. The van der Waals surface area contributed by atoms with E-state index in [2.05, 4.69) is 16.8 Å². The quantitative estimate of drug-likeness (QED) is 0.509.